The Morgan fingerprint density at radius 1 is 1.25 bits per heavy atom. The van der Waals surface area contributed by atoms with E-state index in [9.17, 15) is 9.90 Å². The minimum absolute atomic E-state index is 0.0759. The van der Waals surface area contributed by atoms with Gasteiger partial charge in [-0.05, 0) is 56.2 Å². The summed E-state index contributed by atoms with van der Waals surface area (Å²) in [5.74, 6) is -0.451. The summed E-state index contributed by atoms with van der Waals surface area (Å²) < 4.78 is 5.79. The number of fused-ring (bicyclic) bond motifs is 4. The van der Waals surface area contributed by atoms with E-state index in [0.717, 1.165) is 47.9 Å². The summed E-state index contributed by atoms with van der Waals surface area (Å²) in [6, 6.07) is 4.14. The highest BCUT2D eigenvalue weighted by molar-refractivity contribution is 5.84. The SMILES string of the molecule is Cc1cc(C)c2c(c1)C(O)C1C2C(=O)OC12CCCC2. The fourth-order valence-corrected chi connectivity index (χ4v) is 4.83. The molecule has 3 heteroatoms. The van der Waals surface area contributed by atoms with Gasteiger partial charge >= 0.3 is 5.97 Å². The molecule has 4 rings (SSSR count). The van der Waals surface area contributed by atoms with Gasteiger partial charge in [-0.1, -0.05) is 17.7 Å². The summed E-state index contributed by atoms with van der Waals surface area (Å²) in [4.78, 5) is 12.4. The topological polar surface area (TPSA) is 46.5 Å². The minimum atomic E-state index is -0.557. The lowest BCUT2D eigenvalue weighted by molar-refractivity contribution is -0.150. The Morgan fingerprint density at radius 2 is 1.95 bits per heavy atom. The van der Waals surface area contributed by atoms with E-state index in [2.05, 4.69) is 6.07 Å². The van der Waals surface area contributed by atoms with E-state index in [-0.39, 0.29) is 17.8 Å². The predicted molar refractivity (Wildman–Crippen MR) is 74.4 cm³/mol. The van der Waals surface area contributed by atoms with Crippen LogP contribution in [0.5, 0.6) is 0 Å². The standard InChI is InChI=1S/C17H20O3/c1-9-7-10(2)12-11(8-9)15(18)14-13(12)16(19)20-17(14)5-3-4-6-17/h7-8,13-15,18H,3-6H2,1-2H3. The first kappa shape index (κ1) is 12.4. The second kappa shape index (κ2) is 3.85. The van der Waals surface area contributed by atoms with Crippen molar-refractivity contribution in [1.29, 1.82) is 0 Å². The fourth-order valence-electron chi connectivity index (χ4n) is 4.83. The van der Waals surface area contributed by atoms with E-state index in [0.29, 0.717) is 0 Å². The maximum atomic E-state index is 12.4. The van der Waals surface area contributed by atoms with Crippen molar-refractivity contribution in [1.82, 2.24) is 0 Å². The van der Waals surface area contributed by atoms with Gasteiger partial charge in [-0.3, -0.25) is 4.79 Å². The zero-order valence-corrected chi connectivity index (χ0v) is 12.0. The molecule has 0 aromatic heterocycles. The molecule has 1 spiro atoms. The van der Waals surface area contributed by atoms with Crippen molar-refractivity contribution in [3.63, 3.8) is 0 Å². The molecule has 1 aromatic rings. The molecule has 2 fully saturated rings. The Hall–Kier alpha value is -1.35. The number of carbonyl (C=O) groups excluding carboxylic acids is 1. The van der Waals surface area contributed by atoms with Gasteiger partial charge in [0.05, 0.1) is 12.0 Å². The molecule has 0 amide bonds. The van der Waals surface area contributed by atoms with Crippen LogP contribution in [-0.4, -0.2) is 16.7 Å². The second-order valence-electron chi connectivity index (χ2n) is 6.73. The third-order valence-corrected chi connectivity index (χ3v) is 5.51. The van der Waals surface area contributed by atoms with Gasteiger partial charge in [0, 0.05) is 5.92 Å². The van der Waals surface area contributed by atoms with E-state index < -0.39 is 11.7 Å². The first-order chi connectivity index (χ1) is 9.53. The Labute approximate surface area is 118 Å². The second-order valence-corrected chi connectivity index (χ2v) is 6.73. The molecule has 106 valence electrons. The van der Waals surface area contributed by atoms with Gasteiger partial charge in [0.2, 0.25) is 0 Å². The van der Waals surface area contributed by atoms with Crippen molar-refractivity contribution in [3.05, 3.63) is 34.4 Å². The van der Waals surface area contributed by atoms with Crippen LogP contribution in [0.15, 0.2) is 12.1 Å². The van der Waals surface area contributed by atoms with Crippen LogP contribution >= 0.6 is 0 Å². The lowest BCUT2D eigenvalue weighted by atomic mass is 9.79. The van der Waals surface area contributed by atoms with Gasteiger partial charge in [-0.25, -0.2) is 0 Å². The molecule has 3 aliphatic rings. The zero-order valence-electron chi connectivity index (χ0n) is 12.0. The molecule has 1 aromatic carbocycles. The summed E-state index contributed by atoms with van der Waals surface area (Å²) in [6.07, 6.45) is 3.44. The van der Waals surface area contributed by atoms with Crippen molar-refractivity contribution in [3.8, 4) is 0 Å². The number of esters is 1. The van der Waals surface area contributed by atoms with E-state index in [1.807, 2.05) is 19.9 Å². The van der Waals surface area contributed by atoms with Crippen LogP contribution < -0.4 is 0 Å². The van der Waals surface area contributed by atoms with Crippen LogP contribution in [0, 0.1) is 19.8 Å². The third kappa shape index (κ3) is 1.37. The van der Waals surface area contributed by atoms with Crippen molar-refractivity contribution in [2.45, 2.75) is 57.2 Å². The molecule has 1 N–H and O–H groups in total. The predicted octanol–water partition coefficient (Wildman–Crippen LogP) is 2.92. The highest BCUT2D eigenvalue weighted by Gasteiger charge is 2.63. The number of aliphatic hydroxyl groups excluding tert-OH is 1. The Kier molecular flexibility index (Phi) is 2.39. The fraction of sp³-hybridized carbons (Fsp3) is 0.588. The van der Waals surface area contributed by atoms with Crippen LogP contribution in [0.3, 0.4) is 0 Å². The number of aryl methyl sites for hydroxylation is 2. The van der Waals surface area contributed by atoms with E-state index >= 15 is 0 Å². The van der Waals surface area contributed by atoms with Crippen molar-refractivity contribution in [2.75, 3.05) is 0 Å². The van der Waals surface area contributed by atoms with Crippen LogP contribution in [0.2, 0.25) is 0 Å². The highest BCUT2D eigenvalue weighted by Crippen LogP contribution is 2.61. The molecule has 3 nitrogen and oxygen atoms in total. The molecular formula is C17H20O3. The molecule has 1 saturated heterocycles. The summed E-state index contributed by atoms with van der Waals surface area (Å²) in [5, 5.41) is 10.8. The maximum Gasteiger partial charge on any atom is 0.314 e. The summed E-state index contributed by atoms with van der Waals surface area (Å²) >= 11 is 0. The molecule has 0 radical (unpaired) electrons. The van der Waals surface area contributed by atoms with Crippen molar-refractivity contribution in [2.24, 2.45) is 5.92 Å². The van der Waals surface area contributed by atoms with Crippen molar-refractivity contribution >= 4 is 5.97 Å². The van der Waals surface area contributed by atoms with E-state index in [4.69, 9.17) is 4.74 Å². The summed E-state index contributed by atoms with van der Waals surface area (Å²) in [7, 11) is 0. The van der Waals surface area contributed by atoms with Crippen LogP contribution in [0.4, 0.5) is 0 Å². The molecular weight excluding hydrogens is 252 g/mol. The Balaban J connectivity index is 1.90. The van der Waals surface area contributed by atoms with Gasteiger partial charge in [-0.15, -0.1) is 0 Å². The van der Waals surface area contributed by atoms with Gasteiger partial charge in [-0.2, -0.15) is 0 Å². The average Bonchev–Trinajstić information content (AvgIpc) is 3.01. The van der Waals surface area contributed by atoms with Crippen LogP contribution in [0.25, 0.3) is 0 Å². The quantitative estimate of drug-likeness (QED) is 0.739. The van der Waals surface area contributed by atoms with Gasteiger partial charge in [0.25, 0.3) is 0 Å². The molecule has 3 unspecified atom stereocenters. The molecule has 1 heterocycles. The number of ether oxygens (including phenoxy) is 1. The number of carbonyl (C=O) groups is 1. The molecule has 3 atom stereocenters. The molecule has 0 bridgehead atoms. The van der Waals surface area contributed by atoms with Gasteiger partial charge in [0.15, 0.2) is 0 Å². The van der Waals surface area contributed by atoms with Crippen molar-refractivity contribution < 1.29 is 14.6 Å². The molecule has 1 aliphatic heterocycles. The number of rotatable bonds is 0. The number of aliphatic hydroxyl groups is 1. The van der Waals surface area contributed by atoms with Gasteiger partial charge < -0.3 is 9.84 Å². The first-order valence-corrected chi connectivity index (χ1v) is 7.55. The highest BCUT2D eigenvalue weighted by atomic mass is 16.6. The number of hydrogen-bond acceptors (Lipinski definition) is 3. The molecule has 1 saturated carbocycles. The maximum absolute atomic E-state index is 12.4. The normalized spacial score (nSPS) is 33.4. The third-order valence-electron chi connectivity index (χ3n) is 5.51. The van der Waals surface area contributed by atoms with Gasteiger partial charge in [0.1, 0.15) is 5.60 Å². The minimum Gasteiger partial charge on any atom is -0.458 e. The summed E-state index contributed by atoms with van der Waals surface area (Å²) in [6.45, 7) is 4.08. The van der Waals surface area contributed by atoms with Crippen LogP contribution in [-0.2, 0) is 9.53 Å². The Bertz CT molecular complexity index is 598. The lowest BCUT2D eigenvalue weighted by Gasteiger charge is -2.30. The lowest BCUT2D eigenvalue weighted by Crippen LogP contribution is -2.35. The smallest absolute Gasteiger partial charge is 0.314 e. The largest absolute Gasteiger partial charge is 0.458 e. The number of benzene rings is 1. The van der Waals surface area contributed by atoms with E-state index in [1.165, 1.54) is 0 Å². The molecule has 20 heavy (non-hydrogen) atoms. The first-order valence-electron chi connectivity index (χ1n) is 7.55. The van der Waals surface area contributed by atoms with E-state index in [1.54, 1.807) is 0 Å². The van der Waals surface area contributed by atoms with Crippen LogP contribution in [0.1, 0.15) is 60.0 Å². The summed E-state index contributed by atoms with van der Waals surface area (Å²) in [5.41, 5.74) is 3.84. The molecule has 2 aliphatic carbocycles. The number of hydrogen-bond donors (Lipinski definition) is 1. The average molecular weight is 272 g/mol. The Morgan fingerprint density at radius 3 is 2.65 bits per heavy atom. The zero-order chi connectivity index (χ0) is 14.1. The monoisotopic (exact) mass is 272 g/mol.